The predicted octanol–water partition coefficient (Wildman–Crippen LogP) is 1.16. The lowest BCUT2D eigenvalue weighted by molar-refractivity contribution is 0.124. The van der Waals surface area contributed by atoms with E-state index in [1.807, 2.05) is 18.0 Å². The quantitative estimate of drug-likeness (QED) is 0.906. The van der Waals surface area contributed by atoms with Gasteiger partial charge in [-0.15, -0.1) is 0 Å². The molecule has 6 heteroatoms. The number of nitrogens with two attached hydrogens (primary N) is 1. The van der Waals surface area contributed by atoms with Crippen molar-refractivity contribution < 1.29 is 12.8 Å². The molecule has 1 aliphatic heterocycles. The van der Waals surface area contributed by atoms with Crippen LogP contribution in [0.1, 0.15) is 18.4 Å². The Morgan fingerprint density at radius 3 is 2.80 bits per heavy atom. The molecule has 1 aromatic carbocycles. The fourth-order valence-electron chi connectivity index (χ4n) is 2.87. The first kappa shape index (κ1) is 15.4. The smallest absolute Gasteiger partial charge is 0.152 e. The van der Waals surface area contributed by atoms with E-state index in [9.17, 15) is 12.8 Å². The van der Waals surface area contributed by atoms with Gasteiger partial charge in [-0.2, -0.15) is 0 Å². The summed E-state index contributed by atoms with van der Waals surface area (Å²) in [7, 11) is -1.18. The van der Waals surface area contributed by atoms with E-state index in [0.29, 0.717) is 13.0 Å². The van der Waals surface area contributed by atoms with Gasteiger partial charge in [-0.3, -0.25) is 4.90 Å². The van der Waals surface area contributed by atoms with Crippen molar-refractivity contribution >= 4 is 9.84 Å². The van der Waals surface area contributed by atoms with E-state index < -0.39 is 15.4 Å². The average Bonchev–Trinajstić information content (AvgIpc) is 2.37. The van der Waals surface area contributed by atoms with Gasteiger partial charge in [-0.1, -0.05) is 12.1 Å². The van der Waals surface area contributed by atoms with E-state index in [2.05, 4.69) is 0 Å². The third-order valence-corrected chi connectivity index (χ3v) is 5.97. The summed E-state index contributed by atoms with van der Waals surface area (Å²) < 4.78 is 37.0. The molecule has 0 aromatic heterocycles. The van der Waals surface area contributed by atoms with Gasteiger partial charge in [-0.05, 0) is 37.6 Å². The molecule has 1 saturated heterocycles. The molecule has 1 heterocycles. The highest BCUT2D eigenvalue weighted by Gasteiger charge is 2.41. The Hall–Kier alpha value is -0.980. The number of halogens is 1. The molecule has 1 unspecified atom stereocenters. The molecule has 1 aromatic rings. The van der Waals surface area contributed by atoms with Crippen LogP contribution in [0.15, 0.2) is 24.3 Å². The number of likely N-dealkylation sites (N-methyl/N-ethyl adjacent to an activating group) is 1. The van der Waals surface area contributed by atoms with E-state index in [0.717, 1.165) is 12.0 Å². The molecule has 112 valence electrons. The van der Waals surface area contributed by atoms with Crippen molar-refractivity contribution in [2.24, 2.45) is 5.73 Å². The molecule has 4 nitrogen and oxygen atoms in total. The van der Waals surface area contributed by atoms with Gasteiger partial charge in [0, 0.05) is 18.6 Å². The van der Waals surface area contributed by atoms with E-state index in [1.54, 1.807) is 6.07 Å². The summed E-state index contributed by atoms with van der Waals surface area (Å²) in [6, 6.07) is 6.36. The number of hydrogen-bond donors (Lipinski definition) is 1. The van der Waals surface area contributed by atoms with Crippen molar-refractivity contribution in [1.82, 2.24) is 4.90 Å². The highest BCUT2D eigenvalue weighted by atomic mass is 32.2. The molecule has 0 amide bonds. The zero-order valence-electron chi connectivity index (χ0n) is 11.7. The van der Waals surface area contributed by atoms with Crippen LogP contribution in [0.2, 0.25) is 0 Å². The first-order valence-corrected chi connectivity index (χ1v) is 8.55. The molecule has 0 aliphatic carbocycles. The van der Waals surface area contributed by atoms with Gasteiger partial charge in [0.1, 0.15) is 5.82 Å². The maximum Gasteiger partial charge on any atom is 0.152 e. The van der Waals surface area contributed by atoms with Crippen LogP contribution in [-0.2, 0) is 16.4 Å². The van der Waals surface area contributed by atoms with Crippen LogP contribution in [0.4, 0.5) is 4.39 Å². The number of nitrogens with zero attached hydrogens (tertiary/aromatic N) is 1. The molecule has 20 heavy (non-hydrogen) atoms. The van der Waals surface area contributed by atoms with E-state index in [1.165, 1.54) is 12.1 Å². The van der Waals surface area contributed by atoms with Crippen LogP contribution in [0.3, 0.4) is 0 Å². The predicted molar refractivity (Wildman–Crippen MR) is 77.5 cm³/mol. The molecule has 0 radical (unpaired) electrons. The molecule has 1 fully saturated rings. The van der Waals surface area contributed by atoms with Crippen LogP contribution in [0.5, 0.6) is 0 Å². The zero-order chi connectivity index (χ0) is 14.8. The van der Waals surface area contributed by atoms with Gasteiger partial charge >= 0.3 is 0 Å². The Bertz CT molecular complexity index is 576. The Kier molecular flexibility index (Phi) is 4.46. The summed E-state index contributed by atoms with van der Waals surface area (Å²) in [4.78, 5) is 1.96. The Morgan fingerprint density at radius 2 is 2.20 bits per heavy atom. The molecule has 2 N–H and O–H groups in total. The normalized spacial score (nSPS) is 25.8. The second-order valence-electron chi connectivity index (χ2n) is 5.61. The van der Waals surface area contributed by atoms with Crippen LogP contribution < -0.4 is 5.73 Å². The molecule has 2 rings (SSSR count). The Balaban J connectivity index is 2.18. The van der Waals surface area contributed by atoms with Crippen molar-refractivity contribution in [2.75, 3.05) is 25.1 Å². The first-order valence-electron chi connectivity index (χ1n) is 6.73. The molecular formula is C14H21FN2O2S. The lowest BCUT2D eigenvalue weighted by Gasteiger charge is -2.43. The summed E-state index contributed by atoms with van der Waals surface area (Å²) in [5, 5.41) is 0. The molecule has 0 bridgehead atoms. The van der Waals surface area contributed by atoms with Crippen molar-refractivity contribution in [2.45, 2.75) is 24.9 Å². The summed E-state index contributed by atoms with van der Waals surface area (Å²) in [5.41, 5.74) is 6.15. The lowest BCUT2D eigenvalue weighted by Crippen LogP contribution is -2.58. The summed E-state index contributed by atoms with van der Waals surface area (Å²) in [6.07, 6.45) is 1.39. The van der Waals surface area contributed by atoms with Crippen molar-refractivity contribution in [1.29, 1.82) is 0 Å². The minimum atomic E-state index is -3.04. The van der Waals surface area contributed by atoms with Crippen LogP contribution in [-0.4, -0.2) is 44.0 Å². The topological polar surface area (TPSA) is 63.4 Å². The second kappa shape index (κ2) is 5.79. The number of hydrogen-bond acceptors (Lipinski definition) is 4. The summed E-state index contributed by atoms with van der Waals surface area (Å²) >= 11 is 0. The minimum Gasteiger partial charge on any atom is -0.329 e. The lowest BCUT2D eigenvalue weighted by atomic mass is 9.93. The maximum atomic E-state index is 13.2. The van der Waals surface area contributed by atoms with Gasteiger partial charge in [-0.25, -0.2) is 12.8 Å². The zero-order valence-corrected chi connectivity index (χ0v) is 12.5. The average molecular weight is 300 g/mol. The Morgan fingerprint density at radius 1 is 1.45 bits per heavy atom. The SMILES string of the molecule is CN(Cc1cccc(F)c1)C1(CN)CCCS(=O)(=O)C1. The first-order chi connectivity index (χ1) is 9.37. The molecule has 0 saturated carbocycles. The monoisotopic (exact) mass is 300 g/mol. The fourth-order valence-corrected chi connectivity index (χ4v) is 4.90. The maximum absolute atomic E-state index is 13.2. The number of sulfone groups is 1. The number of rotatable bonds is 4. The van der Waals surface area contributed by atoms with E-state index in [-0.39, 0.29) is 23.9 Å². The third-order valence-electron chi connectivity index (χ3n) is 4.08. The highest BCUT2D eigenvalue weighted by Crippen LogP contribution is 2.28. The molecule has 0 spiro atoms. The van der Waals surface area contributed by atoms with Crippen molar-refractivity contribution in [3.05, 3.63) is 35.6 Å². The molecule has 1 aliphatic rings. The van der Waals surface area contributed by atoms with Gasteiger partial charge < -0.3 is 5.73 Å². The standard InChI is InChI=1S/C14H21FN2O2S/c1-17(9-12-4-2-5-13(15)8-12)14(10-16)6-3-7-20(18,19)11-14/h2,4-5,8H,3,6-7,9-11,16H2,1H3. The van der Waals surface area contributed by atoms with Crippen LogP contribution in [0, 0.1) is 5.82 Å². The Labute approximate surface area is 119 Å². The van der Waals surface area contributed by atoms with Crippen molar-refractivity contribution in [3.8, 4) is 0 Å². The molecule has 1 atom stereocenters. The minimum absolute atomic E-state index is 0.0856. The van der Waals surface area contributed by atoms with E-state index >= 15 is 0 Å². The van der Waals surface area contributed by atoms with Gasteiger partial charge in [0.2, 0.25) is 0 Å². The second-order valence-corrected chi connectivity index (χ2v) is 7.79. The van der Waals surface area contributed by atoms with Gasteiger partial charge in [0.05, 0.1) is 11.5 Å². The van der Waals surface area contributed by atoms with Crippen molar-refractivity contribution in [3.63, 3.8) is 0 Å². The molecular weight excluding hydrogens is 279 g/mol. The number of benzene rings is 1. The van der Waals surface area contributed by atoms with Crippen LogP contribution in [0.25, 0.3) is 0 Å². The summed E-state index contributed by atoms with van der Waals surface area (Å²) in [5.74, 6) is 0.0409. The van der Waals surface area contributed by atoms with Gasteiger partial charge in [0.25, 0.3) is 0 Å². The van der Waals surface area contributed by atoms with Crippen LogP contribution >= 0.6 is 0 Å². The fraction of sp³-hybridized carbons (Fsp3) is 0.571. The third kappa shape index (κ3) is 3.37. The van der Waals surface area contributed by atoms with Gasteiger partial charge in [0.15, 0.2) is 9.84 Å². The largest absolute Gasteiger partial charge is 0.329 e. The summed E-state index contributed by atoms with van der Waals surface area (Å²) in [6.45, 7) is 0.780. The van der Waals surface area contributed by atoms with E-state index in [4.69, 9.17) is 5.73 Å². The highest BCUT2D eigenvalue weighted by molar-refractivity contribution is 7.91.